The molecule has 2 rings (SSSR count). The Labute approximate surface area is 105 Å². The van der Waals surface area contributed by atoms with Gasteiger partial charge in [0.15, 0.2) is 0 Å². The summed E-state index contributed by atoms with van der Waals surface area (Å²) < 4.78 is 50.6. The molecule has 0 heterocycles. The van der Waals surface area contributed by atoms with Crippen molar-refractivity contribution in [2.24, 2.45) is 11.8 Å². The van der Waals surface area contributed by atoms with Crippen molar-refractivity contribution in [1.82, 2.24) is 0 Å². The molecule has 1 aliphatic rings. The van der Waals surface area contributed by atoms with Crippen LogP contribution in [-0.4, -0.2) is 0 Å². The van der Waals surface area contributed by atoms with Gasteiger partial charge in [0.25, 0.3) is 0 Å². The number of benzene rings is 1. The molecule has 4 heteroatoms. The van der Waals surface area contributed by atoms with E-state index in [0.717, 1.165) is 31.4 Å². The van der Waals surface area contributed by atoms with E-state index >= 15 is 0 Å². The van der Waals surface area contributed by atoms with E-state index in [1.165, 1.54) is 6.07 Å². The van der Waals surface area contributed by atoms with Crippen molar-refractivity contribution >= 4 is 0 Å². The fourth-order valence-electron chi connectivity index (χ4n) is 2.76. The molecule has 0 N–H and O–H groups in total. The Balaban J connectivity index is 0.00000180. The lowest BCUT2D eigenvalue weighted by Crippen LogP contribution is -2.09. The summed E-state index contributed by atoms with van der Waals surface area (Å²) in [4.78, 5) is 0. The maximum atomic E-state index is 13.4. The second kappa shape index (κ2) is 4.90. The Morgan fingerprint density at radius 3 is 2.50 bits per heavy atom. The molecule has 0 saturated heterocycles. The fourth-order valence-corrected chi connectivity index (χ4v) is 2.76. The van der Waals surface area contributed by atoms with Crippen LogP contribution in [-0.2, 0) is 12.6 Å². The number of rotatable bonds is 2. The van der Waals surface area contributed by atoms with Crippen LogP contribution >= 0.6 is 0 Å². The summed E-state index contributed by atoms with van der Waals surface area (Å²) in [6, 6.07) is 3.28. The topological polar surface area (TPSA) is 0 Å². The molecule has 0 spiro atoms. The van der Waals surface area contributed by atoms with Gasteiger partial charge in [0.05, 0.1) is 5.56 Å². The molecule has 2 atom stereocenters. The molecule has 0 radical (unpaired) electrons. The van der Waals surface area contributed by atoms with Crippen LogP contribution in [0.25, 0.3) is 0 Å². The quantitative estimate of drug-likeness (QED) is 0.662. The summed E-state index contributed by atoms with van der Waals surface area (Å²) in [7, 11) is 0. The van der Waals surface area contributed by atoms with E-state index in [1.807, 2.05) is 0 Å². The van der Waals surface area contributed by atoms with E-state index in [-0.39, 0.29) is 1.43 Å². The van der Waals surface area contributed by atoms with Gasteiger partial charge >= 0.3 is 7.60 Å². The van der Waals surface area contributed by atoms with Crippen molar-refractivity contribution < 1.29 is 19.0 Å². The predicted octanol–water partition coefficient (Wildman–Crippen LogP) is 4.94. The first kappa shape index (κ1) is 13.4. The van der Waals surface area contributed by atoms with Crippen molar-refractivity contribution in [1.29, 1.82) is 0 Å². The van der Waals surface area contributed by atoms with Crippen LogP contribution in [0.5, 0.6) is 0 Å². The van der Waals surface area contributed by atoms with Crippen LogP contribution < -0.4 is 0 Å². The minimum atomic E-state index is -4.61. The first-order valence-electron chi connectivity index (χ1n) is 6.22. The second-order valence-corrected chi connectivity index (χ2v) is 5.30. The summed E-state index contributed by atoms with van der Waals surface area (Å²) >= 11 is 0. The summed E-state index contributed by atoms with van der Waals surface area (Å²) in [5.41, 5.74) is -0.509. The minimum absolute atomic E-state index is 0. The molecule has 0 nitrogen and oxygen atoms in total. The molecule has 0 amide bonds. The van der Waals surface area contributed by atoms with Crippen LogP contribution in [0.15, 0.2) is 18.2 Å². The van der Waals surface area contributed by atoms with Gasteiger partial charge in [-0.1, -0.05) is 19.4 Å². The normalized spacial score (nSPS) is 24.5. The number of alkyl halides is 3. The first-order valence-corrected chi connectivity index (χ1v) is 6.22. The molecule has 1 aromatic carbocycles. The highest BCUT2D eigenvalue weighted by atomic mass is 19.4. The van der Waals surface area contributed by atoms with Crippen molar-refractivity contribution in [3.63, 3.8) is 0 Å². The zero-order chi connectivity index (χ0) is 13.3. The molecule has 2 unspecified atom stereocenters. The lowest BCUT2D eigenvalue weighted by molar-refractivity contribution is -0.140. The molecule has 0 aliphatic heterocycles. The standard InChI is InChI=1S/C14H16F4/c1-9-2-3-10(6-9)7-11-4-5-12(13(15)8-11)14(16,17)18/h4-5,8-10H,2-3,6-7H2,1H3/p+1. The van der Waals surface area contributed by atoms with Crippen LogP contribution in [0.1, 0.15) is 38.7 Å². The van der Waals surface area contributed by atoms with Crippen molar-refractivity contribution in [3.05, 3.63) is 35.1 Å². The maximum Gasteiger partial charge on any atom is 1.00 e. The van der Waals surface area contributed by atoms with E-state index in [1.54, 1.807) is 0 Å². The second-order valence-electron chi connectivity index (χ2n) is 5.30. The molecular formula is C14H17F4+. The zero-order valence-electron chi connectivity index (χ0n) is 11.2. The summed E-state index contributed by atoms with van der Waals surface area (Å²) in [5, 5.41) is 0. The van der Waals surface area contributed by atoms with Gasteiger partial charge in [-0.3, -0.25) is 0 Å². The summed E-state index contributed by atoms with van der Waals surface area (Å²) in [6.07, 6.45) is -0.593. The Hall–Kier alpha value is -1.06. The van der Waals surface area contributed by atoms with Crippen molar-refractivity contribution in [2.45, 2.75) is 38.8 Å². The largest absolute Gasteiger partial charge is 1.00 e. The van der Waals surface area contributed by atoms with Gasteiger partial charge in [-0.05, 0) is 48.8 Å². The number of hydrogen-bond donors (Lipinski definition) is 0. The van der Waals surface area contributed by atoms with Gasteiger partial charge in [0.2, 0.25) is 0 Å². The lowest BCUT2D eigenvalue weighted by atomic mass is 9.96. The molecule has 100 valence electrons. The Morgan fingerprint density at radius 2 is 2.00 bits per heavy atom. The van der Waals surface area contributed by atoms with E-state index in [4.69, 9.17) is 0 Å². The third-order valence-electron chi connectivity index (χ3n) is 3.67. The smallest absolute Gasteiger partial charge is 0.206 e. The van der Waals surface area contributed by atoms with Crippen molar-refractivity contribution in [3.8, 4) is 0 Å². The van der Waals surface area contributed by atoms with Gasteiger partial charge in [0.1, 0.15) is 5.82 Å². The minimum Gasteiger partial charge on any atom is -0.206 e. The molecule has 1 fully saturated rings. The summed E-state index contributed by atoms with van der Waals surface area (Å²) in [5.74, 6) is -0.00326. The highest BCUT2D eigenvalue weighted by Crippen LogP contribution is 2.35. The van der Waals surface area contributed by atoms with E-state index in [9.17, 15) is 17.6 Å². The zero-order valence-corrected chi connectivity index (χ0v) is 10.2. The van der Waals surface area contributed by atoms with Crippen molar-refractivity contribution in [2.75, 3.05) is 0 Å². The van der Waals surface area contributed by atoms with Crippen LogP contribution in [0.4, 0.5) is 17.6 Å². The van der Waals surface area contributed by atoms with Gasteiger partial charge in [-0.25, -0.2) is 4.39 Å². The predicted molar refractivity (Wildman–Crippen MR) is 62.7 cm³/mol. The third kappa shape index (κ3) is 3.03. The van der Waals surface area contributed by atoms with Gasteiger partial charge in [-0.2, -0.15) is 13.2 Å². The maximum absolute atomic E-state index is 13.4. The number of halogens is 4. The Kier molecular flexibility index (Phi) is 3.64. The van der Waals surface area contributed by atoms with E-state index < -0.39 is 17.6 Å². The van der Waals surface area contributed by atoms with Gasteiger partial charge in [-0.15, -0.1) is 0 Å². The lowest BCUT2D eigenvalue weighted by Gasteiger charge is -2.12. The molecule has 1 aromatic rings. The highest BCUT2D eigenvalue weighted by molar-refractivity contribution is 5.27. The SMILES string of the molecule is CC1CCC(Cc2ccc(C(F)(F)F)c(F)c2)C1.[H+]. The monoisotopic (exact) mass is 261 g/mol. The fraction of sp³-hybridized carbons (Fsp3) is 0.571. The highest BCUT2D eigenvalue weighted by Gasteiger charge is 2.34. The molecular weight excluding hydrogens is 244 g/mol. The Bertz CT molecular complexity index is 428. The molecule has 0 aromatic heterocycles. The van der Waals surface area contributed by atoms with Crippen LogP contribution in [0, 0.1) is 17.7 Å². The third-order valence-corrected chi connectivity index (χ3v) is 3.67. The molecule has 1 aliphatic carbocycles. The van der Waals surface area contributed by atoms with Crippen LogP contribution in [0.3, 0.4) is 0 Å². The summed E-state index contributed by atoms with van der Waals surface area (Å²) in [6.45, 7) is 2.17. The number of hydrogen-bond acceptors (Lipinski definition) is 0. The molecule has 0 bridgehead atoms. The van der Waals surface area contributed by atoms with Gasteiger partial charge < -0.3 is 0 Å². The molecule has 18 heavy (non-hydrogen) atoms. The van der Waals surface area contributed by atoms with E-state index in [2.05, 4.69) is 6.92 Å². The van der Waals surface area contributed by atoms with E-state index in [0.29, 0.717) is 23.8 Å². The van der Waals surface area contributed by atoms with Gasteiger partial charge in [0, 0.05) is 0 Å². The molecule has 1 saturated carbocycles. The van der Waals surface area contributed by atoms with Crippen LogP contribution in [0.2, 0.25) is 0 Å². The average molecular weight is 261 g/mol. The average Bonchev–Trinajstić information content (AvgIpc) is 2.62. The first-order chi connectivity index (χ1) is 8.36. The Morgan fingerprint density at radius 1 is 1.28 bits per heavy atom.